The number of amides is 1. The van der Waals surface area contributed by atoms with Gasteiger partial charge in [-0.1, -0.05) is 11.3 Å². The molecule has 15 heteroatoms. The predicted molar refractivity (Wildman–Crippen MR) is 114 cm³/mol. The molecule has 1 saturated heterocycles. The summed E-state index contributed by atoms with van der Waals surface area (Å²) in [6.07, 6.45) is -4.98. The summed E-state index contributed by atoms with van der Waals surface area (Å²) in [6, 6.07) is 0. The highest BCUT2D eigenvalue weighted by Crippen LogP contribution is 2.36. The molecule has 1 aliphatic heterocycles. The van der Waals surface area contributed by atoms with E-state index < -0.39 is 53.6 Å². The molecular formula is C19H22N4O10S. The molecule has 3 rings (SSSR count). The van der Waals surface area contributed by atoms with E-state index >= 15 is 0 Å². The van der Waals surface area contributed by atoms with Crippen LogP contribution in [0.2, 0.25) is 0 Å². The first-order valence-electron chi connectivity index (χ1n) is 10.0. The van der Waals surface area contributed by atoms with Gasteiger partial charge in [0.2, 0.25) is 12.4 Å². The van der Waals surface area contributed by atoms with Crippen LogP contribution in [0, 0.1) is 0 Å². The fraction of sp³-hybridized carbons (Fsp3) is 0.526. The van der Waals surface area contributed by atoms with E-state index in [1.54, 1.807) is 13.8 Å². The summed E-state index contributed by atoms with van der Waals surface area (Å²) < 4.78 is 28.1. The van der Waals surface area contributed by atoms with E-state index in [0.29, 0.717) is 11.1 Å². The van der Waals surface area contributed by atoms with Gasteiger partial charge in [-0.3, -0.25) is 29.1 Å². The van der Waals surface area contributed by atoms with Crippen molar-refractivity contribution < 1.29 is 42.9 Å². The molecule has 2 aromatic rings. The number of fused-ring (bicyclic) bond motifs is 1. The number of nitrogens with one attached hydrogen (secondary N) is 1. The van der Waals surface area contributed by atoms with E-state index in [1.807, 2.05) is 0 Å². The van der Waals surface area contributed by atoms with Crippen molar-refractivity contribution in [1.82, 2.24) is 14.5 Å². The summed E-state index contributed by atoms with van der Waals surface area (Å²) in [4.78, 5) is 66.7. The number of carbonyl (C=O) groups is 4. The molecule has 184 valence electrons. The average Bonchev–Trinajstić information content (AvgIpc) is 3.22. The molecule has 1 aliphatic rings. The van der Waals surface area contributed by atoms with Gasteiger partial charge in [0.05, 0.1) is 17.0 Å². The van der Waals surface area contributed by atoms with Crippen molar-refractivity contribution in [3.05, 3.63) is 15.9 Å². The van der Waals surface area contributed by atoms with Gasteiger partial charge in [-0.05, 0) is 13.8 Å². The van der Waals surface area contributed by atoms with Crippen LogP contribution in [-0.2, 0) is 38.1 Å². The van der Waals surface area contributed by atoms with Crippen LogP contribution in [-0.4, -0.2) is 70.1 Å². The monoisotopic (exact) mass is 498 g/mol. The molecule has 1 fully saturated rings. The Morgan fingerprint density at radius 1 is 1.24 bits per heavy atom. The van der Waals surface area contributed by atoms with Crippen molar-refractivity contribution in [2.75, 3.05) is 11.9 Å². The molecular weight excluding hydrogens is 476 g/mol. The normalized spacial score (nSPS) is 21.8. The summed E-state index contributed by atoms with van der Waals surface area (Å²) in [6.45, 7) is 5.17. The van der Waals surface area contributed by atoms with Crippen molar-refractivity contribution >= 4 is 52.1 Å². The predicted octanol–water partition coefficient (Wildman–Crippen LogP) is 0.744. The van der Waals surface area contributed by atoms with Gasteiger partial charge in [-0.15, -0.1) is 0 Å². The van der Waals surface area contributed by atoms with Crippen molar-refractivity contribution in [3.8, 4) is 0 Å². The molecule has 4 unspecified atom stereocenters. The molecule has 0 aliphatic carbocycles. The van der Waals surface area contributed by atoms with Crippen LogP contribution in [0.5, 0.6) is 0 Å². The Hall–Kier alpha value is -3.59. The standard InChI is InChI=1S/C19H22N4O10S/c1-8(2)30-19(28)33-14-13(31-10(4)26)11(6-29-9(3)25)32-16(14)23-15-12(34-18(23)27)5-20-17(22-15)21-7-24/h5,7-8,11,13-14,16H,6H2,1-4H3,(H,20,21,22,24). The highest BCUT2D eigenvalue weighted by atomic mass is 32.1. The van der Waals surface area contributed by atoms with Gasteiger partial charge in [0.15, 0.2) is 24.1 Å². The second-order valence-corrected chi connectivity index (χ2v) is 8.32. The van der Waals surface area contributed by atoms with E-state index in [-0.39, 0.29) is 18.2 Å². The lowest BCUT2D eigenvalue weighted by atomic mass is 10.1. The van der Waals surface area contributed by atoms with Gasteiger partial charge < -0.3 is 23.7 Å². The third-order valence-corrected chi connectivity index (χ3v) is 5.28. The van der Waals surface area contributed by atoms with Crippen molar-refractivity contribution in [3.63, 3.8) is 0 Å². The Morgan fingerprint density at radius 3 is 2.59 bits per heavy atom. The molecule has 0 spiro atoms. The summed E-state index contributed by atoms with van der Waals surface area (Å²) in [5.41, 5.74) is 0.0693. The smallest absolute Gasteiger partial charge is 0.463 e. The molecule has 0 aromatic carbocycles. The molecule has 4 atom stereocenters. The minimum Gasteiger partial charge on any atom is -0.463 e. The Kier molecular flexibility index (Phi) is 7.78. The summed E-state index contributed by atoms with van der Waals surface area (Å²) >= 11 is 0.780. The van der Waals surface area contributed by atoms with Crippen LogP contribution in [0.3, 0.4) is 0 Å². The third kappa shape index (κ3) is 5.66. The lowest BCUT2D eigenvalue weighted by Crippen LogP contribution is -2.41. The third-order valence-electron chi connectivity index (χ3n) is 4.40. The van der Waals surface area contributed by atoms with Crippen LogP contribution in [0.15, 0.2) is 11.0 Å². The first-order chi connectivity index (χ1) is 16.1. The number of anilines is 1. The molecule has 14 nitrogen and oxygen atoms in total. The summed E-state index contributed by atoms with van der Waals surface area (Å²) in [7, 11) is 0. The van der Waals surface area contributed by atoms with E-state index in [0.717, 1.165) is 22.8 Å². The van der Waals surface area contributed by atoms with Gasteiger partial charge in [-0.2, -0.15) is 4.98 Å². The van der Waals surface area contributed by atoms with Crippen LogP contribution in [0.1, 0.15) is 33.9 Å². The maximum atomic E-state index is 12.9. The van der Waals surface area contributed by atoms with E-state index in [9.17, 15) is 24.0 Å². The topological polar surface area (TPSA) is 174 Å². The van der Waals surface area contributed by atoms with Crippen LogP contribution < -0.4 is 10.2 Å². The molecule has 1 N–H and O–H groups in total. The average molecular weight is 498 g/mol. The zero-order valence-electron chi connectivity index (χ0n) is 18.6. The van der Waals surface area contributed by atoms with Crippen LogP contribution in [0.4, 0.5) is 10.7 Å². The van der Waals surface area contributed by atoms with Gasteiger partial charge in [0.1, 0.15) is 12.7 Å². The lowest BCUT2D eigenvalue weighted by molar-refractivity contribution is -0.158. The van der Waals surface area contributed by atoms with Crippen molar-refractivity contribution in [2.24, 2.45) is 0 Å². The lowest BCUT2D eigenvalue weighted by Gasteiger charge is -2.24. The summed E-state index contributed by atoms with van der Waals surface area (Å²) in [5.74, 6) is -1.44. The van der Waals surface area contributed by atoms with Crippen LogP contribution >= 0.6 is 11.3 Å². The minimum atomic E-state index is -1.37. The van der Waals surface area contributed by atoms with Gasteiger partial charge >= 0.3 is 23.0 Å². The first kappa shape index (κ1) is 25.0. The molecule has 34 heavy (non-hydrogen) atoms. The fourth-order valence-corrected chi connectivity index (χ4v) is 4.04. The fourth-order valence-electron chi connectivity index (χ4n) is 3.22. The first-order valence-corrected chi connectivity index (χ1v) is 10.8. The zero-order valence-corrected chi connectivity index (χ0v) is 19.4. The second kappa shape index (κ2) is 10.6. The number of hydrogen-bond acceptors (Lipinski definition) is 13. The molecule has 2 aromatic heterocycles. The molecule has 0 bridgehead atoms. The molecule has 0 saturated carbocycles. The Labute approximate surface area is 196 Å². The highest BCUT2D eigenvalue weighted by Gasteiger charge is 2.52. The number of hydrogen-bond donors (Lipinski definition) is 1. The van der Waals surface area contributed by atoms with Gasteiger partial charge in [-0.25, -0.2) is 9.78 Å². The number of thiazole rings is 1. The second-order valence-electron chi connectivity index (χ2n) is 7.32. The van der Waals surface area contributed by atoms with E-state index in [1.165, 1.54) is 13.1 Å². The molecule has 3 heterocycles. The quantitative estimate of drug-likeness (QED) is 0.307. The summed E-state index contributed by atoms with van der Waals surface area (Å²) in [5, 5.41) is 2.28. The Bertz CT molecular complexity index is 1150. The van der Waals surface area contributed by atoms with Crippen molar-refractivity contribution in [1.29, 1.82) is 0 Å². The maximum absolute atomic E-state index is 12.9. The number of esters is 2. The Balaban J connectivity index is 2.08. The van der Waals surface area contributed by atoms with E-state index in [2.05, 4.69) is 15.3 Å². The number of aromatic nitrogens is 3. The SMILES string of the molecule is CC(=O)OCC1OC(n2c(=O)sc3cnc(NC=O)nc32)C(OC(=O)OC(C)C)C1OC(C)=O. The zero-order chi connectivity index (χ0) is 25.0. The van der Waals surface area contributed by atoms with Gasteiger partial charge in [0.25, 0.3) is 0 Å². The van der Waals surface area contributed by atoms with Gasteiger partial charge in [0, 0.05) is 13.8 Å². The highest BCUT2D eigenvalue weighted by molar-refractivity contribution is 7.16. The number of rotatable bonds is 8. The Morgan fingerprint density at radius 2 is 1.97 bits per heavy atom. The molecule has 0 radical (unpaired) electrons. The van der Waals surface area contributed by atoms with E-state index in [4.69, 9.17) is 23.7 Å². The number of ether oxygens (including phenoxy) is 5. The molecule has 1 amide bonds. The number of nitrogens with zero attached hydrogens (tertiary/aromatic N) is 3. The minimum absolute atomic E-state index is 0.0693. The largest absolute Gasteiger partial charge is 0.509 e. The maximum Gasteiger partial charge on any atom is 0.509 e. The van der Waals surface area contributed by atoms with Crippen molar-refractivity contribution in [2.45, 2.75) is 58.3 Å². The number of carbonyl (C=O) groups excluding carboxylic acids is 4. The van der Waals surface area contributed by atoms with Crippen LogP contribution in [0.25, 0.3) is 10.3 Å².